The minimum Gasteiger partial charge on any atom is -0.275 e. The Morgan fingerprint density at radius 3 is 2.31 bits per heavy atom. The van der Waals surface area contributed by atoms with E-state index in [-0.39, 0.29) is 17.1 Å². The highest BCUT2D eigenvalue weighted by Crippen LogP contribution is 2.16. The van der Waals surface area contributed by atoms with Crippen LogP contribution in [0.1, 0.15) is 18.1 Å². The van der Waals surface area contributed by atoms with Crippen LogP contribution in [0, 0.1) is 11.6 Å². The normalized spacial score (nSPS) is 12.0. The number of hydrogen-bond donors (Lipinski definition) is 2. The Kier molecular flexibility index (Phi) is 6.36. The molecule has 0 spiro atoms. The molecule has 0 aliphatic carbocycles. The third kappa shape index (κ3) is 5.46. The topological polar surface area (TPSA) is 70.6 Å². The second kappa shape index (κ2) is 8.93. The largest absolute Gasteiger partial charge is 0.275 e. The standard InChI is InChI=1S/C21H19F2N3O2S/c1-15(25-26-21-12-9-18(22)13-20(21)23)17-7-10-19(11-8-17)29(27,28)24-14-16-5-3-2-4-6-16/h2-13,24,26H,14H2,1H3/b25-15-. The summed E-state index contributed by atoms with van der Waals surface area (Å²) < 4.78 is 54.0. The molecule has 2 N–H and O–H groups in total. The number of sulfonamides is 1. The van der Waals surface area contributed by atoms with Gasteiger partial charge in [-0.05, 0) is 42.3 Å². The maximum Gasteiger partial charge on any atom is 0.240 e. The van der Waals surface area contributed by atoms with Crippen molar-refractivity contribution in [2.45, 2.75) is 18.4 Å². The van der Waals surface area contributed by atoms with Crippen LogP contribution in [0.25, 0.3) is 0 Å². The third-order valence-corrected chi connectivity index (χ3v) is 5.58. The molecule has 0 fully saturated rings. The summed E-state index contributed by atoms with van der Waals surface area (Å²) in [5, 5.41) is 4.06. The van der Waals surface area contributed by atoms with Crippen LogP contribution in [0.5, 0.6) is 0 Å². The lowest BCUT2D eigenvalue weighted by molar-refractivity contribution is 0.581. The summed E-state index contributed by atoms with van der Waals surface area (Å²) in [5.74, 6) is -1.43. The van der Waals surface area contributed by atoms with Gasteiger partial charge in [0.2, 0.25) is 10.0 Å². The lowest BCUT2D eigenvalue weighted by Crippen LogP contribution is -2.23. The van der Waals surface area contributed by atoms with Crippen molar-refractivity contribution in [1.29, 1.82) is 0 Å². The molecule has 0 saturated heterocycles. The van der Waals surface area contributed by atoms with Gasteiger partial charge in [0.05, 0.1) is 16.3 Å². The number of anilines is 1. The zero-order valence-corrected chi connectivity index (χ0v) is 16.4. The van der Waals surface area contributed by atoms with Gasteiger partial charge < -0.3 is 0 Å². The van der Waals surface area contributed by atoms with Gasteiger partial charge in [-0.2, -0.15) is 5.10 Å². The van der Waals surface area contributed by atoms with Crippen molar-refractivity contribution in [3.05, 3.63) is 95.6 Å². The van der Waals surface area contributed by atoms with Crippen molar-refractivity contribution in [3.8, 4) is 0 Å². The molecule has 29 heavy (non-hydrogen) atoms. The Morgan fingerprint density at radius 2 is 1.66 bits per heavy atom. The van der Waals surface area contributed by atoms with Gasteiger partial charge in [-0.25, -0.2) is 21.9 Å². The predicted octanol–water partition coefficient (Wildman–Crippen LogP) is 4.28. The molecule has 0 aliphatic rings. The molecule has 3 rings (SSSR count). The minimum absolute atomic E-state index is 0.0371. The first-order valence-corrected chi connectivity index (χ1v) is 10.2. The highest BCUT2D eigenvalue weighted by Gasteiger charge is 2.14. The van der Waals surface area contributed by atoms with Crippen LogP contribution >= 0.6 is 0 Å². The van der Waals surface area contributed by atoms with Gasteiger partial charge in [0.1, 0.15) is 5.82 Å². The van der Waals surface area contributed by atoms with Crippen molar-refractivity contribution in [1.82, 2.24) is 4.72 Å². The molecule has 5 nitrogen and oxygen atoms in total. The van der Waals surface area contributed by atoms with Crippen LogP contribution in [-0.2, 0) is 16.6 Å². The Bertz CT molecular complexity index is 1120. The third-order valence-electron chi connectivity index (χ3n) is 4.17. The molecule has 0 aromatic heterocycles. The fourth-order valence-electron chi connectivity index (χ4n) is 2.52. The molecule has 3 aromatic rings. The fraction of sp³-hybridized carbons (Fsp3) is 0.0952. The first-order chi connectivity index (χ1) is 13.8. The molecule has 0 saturated carbocycles. The van der Waals surface area contributed by atoms with Crippen molar-refractivity contribution in [2.24, 2.45) is 5.10 Å². The molecule has 0 unspecified atom stereocenters. The van der Waals surface area contributed by atoms with Gasteiger partial charge in [0.25, 0.3) is 0 Å². The summed E-state index contributed by atoms with van der Waals surface area (Å²) in [6, 6.07) is 18.5. The Morgan fingerprint density at radius 1 is 0.966 bits per heavy atom. The summed E-state index contributed by atoms with van der Waals surface area (Å²) in [4.78, 5) is 0.127. The summed E-state index contributed by atoms with van der Waals surface area (Å²) in [7, 11) is -3.66. The highest BCUT2D eigenvalue weighted by molar-refractivity contribution is 7.89. The predicted molar refractivity (Wildman–Crippen MR) is 109 cm³/mol. The smallest absolute Gasteiger partial charge is 0.240 e. The molecule has 150 valence electrons. The van der Waals surface area contributed by atoms with Crippen LogP contribution in [0.2, 0.25) is 0 Å². The zero-order valence-electron chi connectivity index (χ0n) is 15.6. The molecule has 8 heteroatoms. The van der Waals surface area contributed by atoms with Crippen molar-refractivity contribution in [2.75, 3.05) is 5.43 Å². The number of hydrazone groups is 1. The van der Waals surface area contributed by atoms with E-state index in [0.29, 0.717) is 11.3 Å². The lowest BCUT2D eigenvalue weighted by Gasteiger charge is -2.08. The van der Waals surface area contributed by atoms with E-state index >= 15 is 0 Å². The number of rotatable bonds is 7. The molecule has 0 amide bonds. The van der Waals surface area contributed by atoms with Gasteiger partial charge in [0.15, 0.2) is 5.82 Å². The van der Waals surface area contributed by atoms with E-state index in [9.17, 15) is 17.2 Å². The summed E-state index contributed by atoms with van der Waals surface area (Å²) >= 11 is 0. The van der Waals surface area contributed by atoms with E-state index in [2.05, 4.69) is 15.2 Å². The van der Waals surface area contributed by atoms with E-state index in [4.69, 9.17) is 0 Å². The number of halogens is 2. The molecule has 0 bridgehead atoms. The number of nitrogens with zero attached hydrogens (tertiary/aromatic N) is 1. The Hall–Kier alpha value is -3.10. The van der Waals surface area contributed by atoms with Crippen LogP contribution < -0.4 is 10.1 Å². The molecule has 0 radical (unpaired) electrons. The van der Waals surface area contributed by atoms with Crippen LogP contribution in [0.15, 0.2) is 82.8 Å². The second-order valence-electron chi connectivity index (χ2n) is 6.27. The van der Waals surface area contributed by atoms with E-state index in [1.54, 1.807) is 19.1 Å². The van der Waals surface area contributed by atoms with E-state index in [1.807, 2.05) is 30.3 Å². The molecular formula is C21H19F2N3O2S. The van der Waals surface area contributed by atoms with Crippen LogP contribution in [0.3, 0.4) is 0 Å². The van der Waals surface area contributed by atoms with Gasteiger partial charge >= 0.3 is 0 Å². The van der Waals surface area contributed by atoms with Crippen LogP contribution in [0.4, 0.5) is 14.5 Å². The quantitative estimate of drug-likeness (QED) is 0.447. The van der Waals surface area contributed by atoms with Gasteiger partial charge in [-0.15, -0.1) is 0 Å². The summed E-state index contributed by atoms with van der Waals surface area (Å²) in [5.41, 5.74) is 4.59. The fourth-order valence-corrected chi connectivity index (χ4v) is 3.54. The summed E-state index contributed by atoms with van der Waals surface area (Å²) in [6.45, 7) is 1.88. The molecule has 0 atom stereocenters. The maximum atomic E-state index is 13.6. The molecule has 3 aromatic carbocycles. The molecular weight excluding hydrogens is 396 g/mol. The summed E-state index contributed by atoms with van der Waals surface area (Å²) in [6.07, 6.45) is 0. The molecule has 0 aliphatic heterocycles. The van der Waals surface area contributed by atoms with Crippen molar-refractivity contribution >= 4 is 21.4 Å². The lowest BCUT2D eigenvalue weighted by atomic mass is 10.1. The SMILES string of the molecule is C/C(=N/Nc1ccc(F)cc1F)c1ccc(S(=O)(=O)NCc2ccccc2)cc1. The monoisotopic (exact) mass is 415 g/mol. The van der Waals surface area contributed by atoms with E-state index < -0.39 is 21.7 Å². The van der Waals surface area contributed by atoms with Crippen LogP contribution in [-0.4, -0.2) is 14.1 Å². The van der Waals surface area contributed by atoms with Gasteiger partial charge in [-0.3, -0.25) is 5.43 Å². The second-order valence-corrected chi connectivity index (χ2v) is 8.03. The minimum atomic E-state index is -3.66. The van der Waals surface area contributed by atoms with E-state index in [0.717, 1.165) is 17.7 Å². The number of nitrogens with one attached hydrogen (secondary N) is 2. The van der Waals surface area contributed by atoms with E-state index in [1.165, 1.54) is 18.2 Å². The first kappa shape index (κ1) is 20.6. The zero-order chi connectivity index (χ0) is 20.9. The van der Waals surface area contributed by atoms with Gasteiger partial charge in [0, 0.05) is 12.6 Å². The highest BCUT2D eigenvalue weighted by atomic mass is 32.2. The Balaban J connectivity index is 1.68. The van der Waals surface area contributed by atoms with Crippen molar-refractivity contribution < 1.29 is 17.2 Å². The Labute approximate surface area is 168 Å². The van der Waals surface area contributed by atoms with Gasteiger partial charge in [-0.1, -0.05) is 42.5 Å². The average Bonchev–Trinajstić information content (AvgIpc) is 2.72. The maximum absolute atomic E-state index is 13.6. The number of benzene rings is 3. The average molecular weight is 415 g/mol. The van der Waals surface area contributed by atoms with Crippen molar-refractivity contribution in [3.63, 3.8) is 0 Å². The first-order valence-electron chi connectivity index (χ1n) is 8.74. The molecule has 0 heterocycles. The number of hydrogen-bond acceptors (Lipinski definition) is 4.